The highest BCUT2D eigenvalue weighted by atomic mass is 32.1. The molecule has 6 heteroatoms. The highest BCUT2D eigenvalue weighted by Gasteiger charge is 2.12. The van der Waals surface area contributed by atoms with Crippen LogP contribution in [0.5, 0.6) is 5.75 Å². The fourth-order valence-electron chi connectivity index (χ4n) is 2.63. The molecule has 0 bridgehead atoms. The third kappa shape index (κ3) is 3.11. The van der Waals surface area contributed by atoms with Gasteiger partial charge in [0.25, 0.3) is 5.56 Å². The van der Waals surface area contributed by atoms with Crippen molar-refractivity contribution in [2.45, 2.75) is 13.3 Å². The molecule has 0 unspecified atom stereocenters. The van der Waals surface area contributed by atoms with Crippen molar-refractivity contribution in [3.63, 3.8) is 0 Å². The van der Waals surface area contributed by atoms with E-state index in [9.17, 15) is 4.79 Å². The third-order valence-electron chi connectivity index (χ3n) is 3.88. The van der Waals surface area contributed by atoms with E-state index in [1.165, 1.54) is 15.9 Å². The van der Waals surface area contributed by atoms with Gasteiger partial charge < -0.3 is 4.74 Å². The lowest BCUT2D eigenvalue weighted by Gasteiger charge is -2.07. The maximum absolute atomic E-state index is 12.7. The molecule has 130 valence electrons. The van der Waals surface area contributed by atoms with Crippen molar-refractivity contribution in [1.29, 1.82) is 0 Å². The van der Waals surface area contributed by atoms with Gasteiger partial charge in [-0.2, -0.15) is 9.50 Å². The molecule has 0 aliphatic heterocycles. The van der Waals surface area contributed by atoms with Crippen molar-refractivity contribution < 1.29 is 4.74 Å². The first-order valence-corrected chi connectivity index (χ1v) is 9.26. The quantitative estimate of drug-likeness (QED) is 0.547. The minimum absolute atomic E-state index is 0.162. The lowest BCUT2D eigenvalue weighted by molar-refractivity contribution is 0.317. The molecule has 5 nitrogen and oxygen atoms in total. The smallest absolute Gasteiger partial charge is 0.291 e. The Bertz CT molecular complexity index is 1150. The molecule has 0 radical (unpaired) electrons. The van der Waals surface area contributed by atoms with E-state index in [0.717, 1.165) is 23.3 Å². The Kier molecular flexibility index (Phi) is 4.50. The van der Waals surface area contributed by atoms with Crippen LogP contribution in [0.1, 0.15) is 18.9 Å². The minimum Gasteiger partial charge on any atom is -0.493 e. The Balaban J connectivity index is 1.77. The Labute approximate surface area is 154 Å². The first-order valence-electron chi connectivity index (χ1n) is 8.45. The van der Waals surface area contributed by atoms with Gasteiger partial charge in [-0.3, -0.25) is 4.79 Å². The van der Waals surface area contributed by atoms with Crippen LogP contribution in [0.3, 0.4) is 0 Å². The minimum atomic E-state index is -0.162. The van der Waals surface area contributed by atoms with Gasteiger partial charge in [-0.05, 0) is 18.6 Å². The van der Waals surface area contributed by atoms with Crippen molar-refractivity contribution in [2.75, 3.05) is 6.61 Å². The maximum Gasteiger partial charge on any atom is 0.291 e. The number of hydrogen-bond acceptors (Lipinski definition) is 5. The van der Waals surface area contributed by atoms with Crippen LogP contribution >= 0.6 is 11.3 Å². The summed E-state index contributed by atoms with van der Waals surface area (Å²) in [5.74, 6) is 1.34. The van der Waals surface area contributed by atoms with E-state index in [2.05, 4.69) is 17.0 Å². The molecule has 0 N–H and O–H groups in total. The fourth-order valence-corrected chi connectivity index (χ4v) is 3.53. The predicted octanol–water partition coefficient (Wildman–Crippen LogP) is 3.15. The molecule has 4 aromatic rings. The molecule has 0 saturated carbocycles. The van der Waals surface area contributed by atoms with E-state index in [1.807, 2.05) is 60.7 Å². The summed E-state index contributed by atoms with van der Waals surface area (Å²) in [7, 11) is 0. The number of nitrogens with zero attached hydrogens (tertiary/aromatic N) is 3. The zero-order valence-corrected chi connectivity index (χ0v) is 15.1. The standard InChI is InChI=1S/C20H17N3O2S/c1-2-12-25-16-11-7-6-10-15(16)13-17-19(24)23-20(26-17)21-18(22-23)14-8-4-3-5-9-14/h3-11,13H,2,12H2,1H3. The SMILES string of the molecule is CCCOc1ccccc1C=c1sc2nc(-c3ccccc3)nn2c1=O. The Morgan fingerprint density at radius 2 is 1.88 bits per heavy atom. The van der Waals surface area contributed by atoms with Crippen molar-refractivity contribution in [3.05, 3.63) is 75.0 Å². The van der Waals surface area contributed by atoms with E-state index in [1.54, 1.807) is 0 Å². The first kappa shape index (κ1) is 16.5. The number of fused-ring (bicyclic) bond motifs is 1. The van der Waals surface area contributed by atoms with E-state index in [-0.39, 0.29) is 5.56 Å². The number of benzene rings is 2. The molecule has 0 aliphatic carbocycles. The topological polar surface area (TPSA) is 56.5 Å². The molecule has 0 spiro atoms. The van der Waals surface area contributed by atoms with Crippen LogP contribution in [0.25, 0.3) is 22.4 Å². The normalized spacial score (nSPS) is 12.0. The third-order valence-corrected chi connectivity index (χ3v) is 4.84. The fraction of sp³-hybridized carbons (Fsp3) is 0.150. The van der Waals surface area contributed by atoms with Gasteiger partial charge in [0.05, 0.1) is 11.1 Å². The van der Waals surface area contributed by atoms with Gasteiger partial charge in [0.2, 0.25) is 4.96 Å². The molecule has 26 heavy (non-hydrogen) atoms. The van der Waals surface area contributed by atoms with Gasteiger partial charge in [0.15, 0.2) is 5.82 Å². The first-order chi connectivity index (χ1) is 12.8. The van der Waals surface area contributed by atoms with E-state index >= 15 is 0 Å². The van der Waals surface area contributed by atoms with Crippen molar-refractivity contribution in [3.8, 4) is 17.1 Å². The summed E-state index contributed by atoms with van der Waals surface area (Å²) < 4.78 is 7.72. The lowest BCUT2D eigenvalue weighted by atomic mass is 10.2. The summed E-state index contributed by atoms with van der Waals surface area (Å²) in [6, 6.07) is 17.4. The van der Waals surface area contributed by atoms with Gasteiger partial charge in [0.1, 0.15) is 5.75 Å². The second kappa shape index (κ2) is 7.09. The predicted molar refractivity (Wildman–Crippen MR) is 104 cm³/mol. The monoisotopic (exact) mass is 363 g/mol. The molecule has 2 aromatic carbocycles. The molecule has 0 aliphatic rings. The number of thiazole rings is 1. The summed E-state index contributed by atoms with van der Waals surface area (Å²) in [5, 5.41) is 4.37. The van der Waals surface area contributed by atoms with Crippen LogP contribution in [0, 0.1) is 0 Å². The van der Waals surface area contributed by atoms with Gasteiger partial charge in [-0.15, -0.1) is 5.10 Å². The molecular formula is C20H17N3O2S. The maximum atomic E-state index is 12.7. The highest BCUT2D eigenvalue weighted by molar-refractivity contribution is 7.15. The van der Waals surface area contributed by atoms with Gasteiger partial charge in [0, 0.05) is 11.1 Å². The van der Waals surface area contributed by atoms with Gasteiger partial charge in [-0.1, -0.05) is 66.8 Å². The molecular weight excluding hydrogens is 346 g/mol. The number of aromatic nitrogens is 3. The summed E-state index contributed by atoms with van der Waals surface area (Å²) in [6.45, 7) is 2.71. The van der Waals surface area contributed by atoms with Gasteiger partial charge >= 0.3 is 0 Å². The van der Waals surface area contributed by atoms with Crippen molar-refractivity contribution in [2.24, 2.45) is 0 Å². The summed E-state index contributed by atoms with van der Waals surface area (Å²) in [5.41, 5.74) is 1.61. The van der Waals surface area contributed by atoms with Gasteiger partial charge in [-0.25, -0.2) is 0 Å². The molecule has 0 fully saturated rings. The summed E-state index contributed by atoms with van der Waals surface area (Å²) in [6.07, 6.45) is 2.77. The average Bonchev–Trinajstić information content (AvgIpc) is 3.22. The zero-order chi connectivity index (χ0) is 17.9. The summed E-state index contributed by atoms with van der Waals surface area (Å²) in [4.78, 5) is 17.8. The molecule has 4 rings (SSSR count). The summed E-state index contributed by atoms with van der Waals surface area (Å²) >= 11 is 1.33. The van der Waals surface area contributed by atoms with Crippen molar-refractivity contribution >= 4 is 22.4 Å². The van der Waals surface area contributed by atoms with Crippen LogP contribution < -0.4 is 14.8 Å². The Morgan fingerprint density at radius 3 is 2.65 bits per heavy atom. The Hall–Kier alpha value is -2.99. The van der Waals surface area contributed by atoms with Crippen LogP contribution in [-0.4, -0.2) is 21.2 Å². The molecule has 2 aromatic heterocycles. The second-order valence-corrected chi connectivity index (χ2v) is 6.81. The Morgan fingerprint density at radius 1 is 1.12 bits per heavy atom. The van der Waals surface area contributed by atoms with E-state index in [4.69, 9.17) is 4.74 Å². The van der Waals surface area contributed by atoms with Crippen LogP contribution in [0.2, 0.25) is 0 Å². The number of ether oxygens (including phenoxy) is 1. The number of para-hydroxylation sites is 1. The molecule has 2 heterocycles. The second-order valence-electron chi connectivity index (χ2n) is 5.80. The van der Waals surface area contributed by atoms with Crippen molar-refractivity contribution in [1.82, 2.24) is 14.6 Å². The van der Waals surface area contributed by atoms with E-state index < -0.39 is 0 Å². The lowest BCUT2D eigenvalue weighted by Crippen LogP contribution is -2.23. The van der Waals surface area contributed by atoms with E-state index in [0.29, 0.717) is 21.9 Å². The van der Waals surface area contributed by atoms with Crippen LogP contribution in [0.15, 0.2) is 59.4 Å². The zero-order valence-electron chi connectivity index (χ0n) is 14.3. The van der Waals surface area contributed by atoms with Crippen LogP contribution in [0.4, 0.5) is 0 Å². The number of rotatable bonds is 5. The molecule has 0 amide bonds. The molecule has 0 saturated heterocycles. The highest BCUT2D eigenvalue weighted by Crippen LogP contribution is 2.19. The number of hydrogen-bond donors (Lipinski definition) is 0. The van der Waals surface area contributed by atoms with Crippen LogP contribution in [-0.2, 0) is 0 Å². The largest absolute Gasteiger partial charge is 0.493 e. The molecule has 0 atom stereocenters. The average molecular weight is 363 g/mol.